The van der Waals surface area contributed by atoms with E-state index in [0.29, 0.717) is 22.1 Å². The lowest BCUT2D eigenvalue weighted by molar-refractivity contribution is -0.141. The fourth-order valence-electron chi connectivity index (χ4n) is 4.49. The molecule has 1 atom stereocenters. The molecule has 176 valence electrons. The summed E-state index contributed by atoms with van der Waals surface area (Å²) in [4.78, 5) is 31.1. The van der Waals surface area contributed by atoms with Gasteiger partial charge in [0.25, 0.3) is 0 Å². The first-order chi connectivity index (χ1) is 16.8. The van der Waals surface area contributed by atoms with E-state index in [-0.39, 0.29) is 35.6 Å². The number of amides is 1. The molecule has 1 aliphatic heterocycles. The number of fused-ring (bicyclic) bond motifs is 4. The Balaban J connectivity index is 1.45. The zero-order valence-corrected chi connectivity index (χ0v) is 18.0. The molecule has 4 aromatic rings. The number of pyridine rings is 1. The van der Waals surface area contributed by atoms with Crippen LogP contribution in [0, 0.1) is 6.57 Å². The van der Waals surface area contributed by atoms with Gasteiger partial charge >= 0.3 is 6.18 Å². The van der Waals surface area contributed by atoms with Crippen molar-refractivity contribution >= 4 is 34.0 Å². The quantitative estimate of drug-likeness (QED) is 0.443. The summed E-state index contributed by atoms with van der Waals surface area (Å²) in [6.07, 6.45) is -0.0102. The van der Waals surface area contributed by atoms with Gasteiger partial charge in [-0.05, 0) is 37.1 Å². The summed E-state index contributed by atoms with van der Waals surface area (Å²) in [5, 5.41) is 0. The molecule has 0 saturated heterocycles. The molecule has 12 heteroatoms. The van der Waals surface area contributed by atoms with E-state index >= 15 is 0 Å². The van der Waals surface area contributed by atoms with Crippen LogP contribution in [0.4, 0.5) is 24.7 Å². The van der Waals surface area contributed by atoms with Gasteiger partial charge in [0.1, 0.15) is 23.6 Å². The molecule has 4 heterocycles. The number of hydrogen-bond acceptors (Lipinski definition) is 6. The molecule has 2 aliphatic rings. The Hall–Kier alpha value is -4.40. The van der Waals surface area contributed by atoms with Crippen molar-refractivity contribution in [2.75, 3.05) is 12.3 Å². The van der Waals surface area contributed by atoms with Crippen LogP contribution in [-0.4, -0.2) is 42.8 Å². The van der Waals surface area contributed by atoms with E-state index in [1.807, 2.05) is 0 Å². The number of benzene rings is 1. The van der Waals surface area contributed by atoms with Crippen LogP contribution in [-0.2, 0) is 6.18 Å². The molecule has 0 spiro atoms. The third-order valence-electron chi connectivity index (χ3n) is 6.27. The number of anilines is 1. The minimum absolute atomic E-state index is 0.0172. The Bertz CT molecular complexity index is 1570. The predicted octanol–water partition coefficient (Wildman–Crippen LogP) is 4.17. The standard InChI is InChI=1S/C23H16F3N7O2/c1-28-14-7-15-16(32-10-29-8-17(32)20(27)30-15)6-13(14)22(34)33(11-2-3-11)18-9-35-21-12(18)4-5-19(31-21)23(24,25)26/h4-8,10-11,18H,2-3,9H2,(H2,27,30)/t18-/m1/s1. The molecule has 9 nitrogen and oxygen atoms in total. The van der Waals surface area contributed by atoms with Gasteiger partial charge in [-0.3, -0.25) is 9.20 Å². The van der Waals surface area contributed by atoms with Gasteiger partial charge in [0.05, 0.1) is 36.2 Å². The normalized spacial score (nSPS) is 17.3. The second-order valence-corrected chi connectivity index (χ2v) is 8.47. The number of nitrogens with two attached hydrogens (primary N) is 1. The molecule has 0 unspecified atom stereocenters. The number of alkyl halides is 3. The molecular formula is C23H16F3N7O2. The van der Waals surface area contributed by atoms with Crippen molar-refractivity contribution in [1.29, 1.82) is 0 Å². The highest BCUT2D eigenvalue weighted by atomic mass is 19.4. The maximum absolute atomic E-state index is 13.9. The van der Waals surface area contributed by atoms with Crippen LogP contribution in [0.15, 0.2) is 36.8 Å². The summed E-state index contributed by atoms with van der Waals surface area (Å²) in [7, 11) is 0. The van der Waals surface area contributed by atoms with E-state index in [4.69, 9.17) is 17.0 Å². The number of nitrogen functional groups attached to an aromatic ring is 1. The molecule has 1 amide bonds. The number of hydrogen-bond donors (Lipinski definition) is 1. The minimum atomic E-state index is -4.60. The van der Waals surface area contributed by atoms with Crippen molar-refractivity contribution in [3.63, 3.8) is 0 Å². The number of carbonyl (C=O) groups is 1. The fourth-order valence-corrected chi connectivity index (χ4v) is 4.49. The van der Waals surface area contributed by atoms with Crippen LogP contribution in [0.2, 0.25) is 0 Å². The molecular weight excluding hydrogens is 463 g/mol. The Kier molecular flexibility index (Phi) is 4.41. The molecule has 0 bridgehead atoms. The lowest BCUT2D eigenvalue weighted by Gasteiger charge is -2.29. The molecule has 1 fully saturated rings. The first-order valence-corrected chi connectivity index (χ1v) is 10.7. The SMILES string of the molecule is [C-]#[N+]c1cc2nc(N)c3cncn3c2cc1C(=O)N(C1CC1)[C@@H]1COc2nc(C(F)(F)F)ccc21. The Labute approximate surface area is 195 Å². The number of aromatic nitrogens is 4. The number of carbonyl (C=O) groups excluding carboxylic acids is 1. The summed E-state index contributed by atoms with van der Waals surface area (Å²) < 4.78 is 46.5. The molecule has 35 heavy (non-hydrogen) atoms. The van der Waals surface area contributed by atoms with Crippen molar-refractivity contribution < 1.29 is 22.7 Å². The van der Waals surface area contributed by atoms with Crippen molar-refractivity contribution in [2.45, 2.75) is 31.1 Å². The molecule has 0 radical (unpaired) electrons. The largest absolute Gasteiger partial charge is 0.475 e. The summed E-state index contributed by atoms with van der Waals surface area (Å²) in [6, 6.07) is 4.56. The van der Waals surface area contributed by atoms with E-state index in [0.717, 1.165) is 18.9 Å². The Morgan fingerprint density at radius 2 is 2.03 bits per heavy atom. The summed E-state index contributed by atoms with van der Waals surface area (Å²) in [6.45, 7) is 7.63. The average Bonchev–Trinajstić information content (AvgIpc) is 3.37. The molecule has 6 rings (SSSR count). The van der Waals surface area contributed by atoms with Gasteiger partial charge in [-0.15, -0.1) is 0 Å². The van der Waals surface area contributed by atoms with Crippen LogP contribution in [0.5, 0.6) is 5.88 Å². The number of rotatable bonds is 3. The Morgan fingerprint density at radius 1 is 1.23 bits per heavy atom. The maximum Gasteiger partial charge on any atom is 0.433 e. The first-order valence-electron chi connectivity index (χ1n) is 10.7. The predicted molar refractivity (Wildman–Crippen MR) is 118 cm³/mol. The van der Waals surface area contributed by atoms with E-state index in [1.165, 1.54) is 12.1 Å². The zero-order valence-electron chi connectivity index (χ0n) is 18.0. The van der Waals surface area contributed by atoms with Crippen molar-refractivity contribution in [1.82, 2.24) is 24.3 Å². The number of nitrogens with zero attached hydrogens (tertiary/aromatic N) is 6. The topological polar surface area (TPSA) is 103 Å². The molecule has 1 aliphatic carbocycles. The van der Waals surface area contributed by atoms with Crippen molar-refractivity contribution in [2.24, 2.45) is 0 Å². The third-order valence-corrected chi connectivity index (χ3v) is 6.27. The highest BCUT2D eigenvalue weighted by molar-refractivity contribution is 6.04. The van der Waals surface area contributed by atoms with E-state index in [9.17, 15) is 18.0 Å². The van der Waals surface area contributed by atoms with Gasteiger partial charge in [0, 0.05) is 17.2 Å². The zero-order chi connectivity index (χ0) is 24.5. The van der Waals surface area contributed by atoms with Crippen LogP contribution >= 0.6 is 0 Å². The van der Waals surface area contributed by atoms with Crippen LogP contribution < -0.4 is 10.5 Å². The maximum atomic E-state index is 13.9. The van der Waals surface area contributed by atoms with Crippen LogP contribution in [0.3, 0.4) is 0 Å². The lowest BCUT2D eigenvalue weighted by atomic mass is 10.0. The number of halogens is 3. The third kappa shape index (κ3) is 3.30. The second-order valence-electron chi connectivity index (χ2n) is 8.47. The fraction of sp³-hybridized carbons (Fsp3) is 0.261. The van der Waals surface area contributed by atoms with Gasteiger partial charge < -0.3 is 15.4 Å². The van der Waals surface area contributed by atoms with E-state index in [2.05, 4.69) is 19.8 Å². The monoisotopic (exact) mass is 479 g/mol. The van der Waals surface area contributed by atoms with Gasteiger partial charge in [-0.1, -0.05) is 0 Å². The second kappa shape index (κ2) is 7.30. The lowest BCUT2D eigenvalue weighted by Crippen LogP contribution is -2.37. The van der Waals surface area contributed by atoms with Gasteiger partial charge in [0.15, 0.2) is 0 Å². The van der Waals surface area contributed by atoms with Crippen LogP contribution in [0.25, 0.3) is 21.4 Å². The van der Waals surface area contributed by atoms with Gasteiger partial charge in [-0.25, -0.2) is 19.8 Å². The molecule has 1 saturated carbocycles. The van der Waals surface area contributed by atoms with Crippen molar-refractivity contribution in [3.8, 4) is 5.88 Å². The van der Waals surface area contributed by atoms with Gasteiger partial charge in [0.2, 0.25) is 17.5 Å². The van der Waals surface area contributed by atoms with Gasteiger partial charge in [-0.2, -0.15) is 13.2 Å². The van der Waals surface area contributed by atoms with Crippen molar-refractivity contribution in [3.05, 3.63) is 65.0 Å². The summed E-state index contributed by atoms with van der Waals surface area (Å²) >= 11 is 0. The number of imidazole rings is 1. The summed E-state index contributed by atoms with van der Waals surface area (Å²) in [5.74, 6) is -0.297. The molecule has 2 N–H and O–H groups in total. The highest BCUT2D eigenvalue weighted by Gasteiger charge is 2.44. The molecule has 1 aromatic carbocycles. The molecule has 3 aromatic heterocycles. The smallest absolute Gasteiger partial charge is 0.433 e. The summed E-state index contributed by atoms with van der Waals surface area (Å²) in [5.41, 5.74) is 7.18. The Morgan fingerprint density at radius 3 is 2.74 bits per heavy atom. The highest BCUT2D eigenvalue weighted by Crippen LogP contribution is 2.44. The minimum Gasteiger partial charge on any atom is -0.475 e. The van der Waals surface area contributed by atoms with E-state index in [1.54, 1.807) is 27.9 Å². The number of ether oxygens (including phenoxy) is 1. The average molecular weight is 479 g/mol. The van der Waals surface area contributed by atoms with Crippen LogP contribution in [0.1, 0.15) is 40.5 Å². The van der Waals surface area contributed by atoms with E-state index < -0.39 is 23.8 Å². The first kappa shape index (κ1) is 21.2.